The molecule has 0 N–H and O–H groups in total. The summed E-state index contributed by atoms with van der Waals surface area (Å²) in [6.07, 6.45) is 8.75. The van der Waals surface area contributed by atoms with E-state index in [1.54, 1.807) is 18.3 Å². The molecule has 0 aliphatic rings. The van der Waals surface area contributed by atoms with Crippen molar-refractivity contribution in [2.24, 2.45) is 0 Å². The lowest BCUT2D eigenvalue weighted by molar-refractivity contribution is 0.0727. The van der Waals surface area contributed by atoms with Crippen LogP contribution in [0.4, 0.5) is 0 Å². The minimum Gasteiger partial charge on any atom is -0.402 e. The molecule has 3 aromatic rings. The summed E-state index contributed by atoms with van der Waals surface area (Å²) >= 11 is 0. The fourth-order valence-electron chi connectivity index (χ4n) is 2.97. The van der Waals surface area contributed by atoms with E-state index >= 15 is 0 Å². The summed E-state index contributed by atoms with van der Waals surface area (Å²) in [5, 5.41) is 0. The number of aryl methyl sites for hydroxylation is 2. The summed E-state index contributed by atoms with van der Waals surface area (Å²) in [5.41, 5.74) is 4.77. The number of carbonyl (C=O) groups excluding carboxylic acids is 1. The fraction of sp³-hybridized carbons (Fsp3) is 0.292. The lowest BCUT2D eigenvalue weighted by Crippen LogP contribution is -2.09. The van der Waals surface area contributed by atoms with Gasteiger partial charge in [0.05, 0.1) is 23.7 Å². The lowest BCUT2D eigenvalue weighted by atomic mass is 10.1. The van der Waals surface area contributed by atoms with Crippen molar-refractivity contribution in [2.75, 3.05) is 0 Å². The Labute approximate surface area is 166 Å². The molecule has 0 unspecified atom stereocenters. The van der Waals surface area contributed by atoms with Crippen LogP contribution in [0.1, 0.15) is 54.6 Å². The summed E-state index contributed by atoms with van der Waals surface area (Å²) in [7, 11) is 0. The molecule has 0 aliphatic carbocycles. The largest absolute Gasteiger partial charge is 0.402 e. The summed E-state index contributed by atoms with van der Waals surface area (Å²) in [6.45, 7) is 4.31. The van der Waals surface area contributed by atoms with Crippen LogP contribution in [-0.4, -0.2) is 15.9 Å². The SMILES string of the molecule is CCCCCc1ccc(C(=O)Oc2cnc(-c3ccc(CC)cc3)cn2)cc1. The van der Waals surface area contributed by atoms with Gasteiger partial charge in [-0.05, 0) is 42.5 Å². The second kappa shape index (κ2) is 9.79. The molecule has 0 amide bonds. The van der Waals surface area contributed by atoms with E-state index in [2.05, 4.69) is 35.9 Å². The van der Waals surface area contributed by atoms with Crippen LogP contribution in [0.2, 0.25) is 0 Å². The third-order valence-electron chi connectivity index (χ3n) is 4.74. The number of unbranched alkanes of at least 4 members (excludes halogenated alkanes) is 2. The molecule has 0 spiro atoms. The smallest absolute Gasteiger partial charge is 0.344 e. The van der Waals surface area contributed by atoms with Crippen LogP contribution in [0.3, 0.4) is 0 Å². The van der Waals surface area contributed by atoms with E-state index in [-0.39, 0.29) is 5.88 Å². The number of hydrogen-bond donors (Lipinski definition) is 0. The molecule has 2 aromatic carbocycles. The van der Waals surface area contributed by atoms with Crippen LogP contribution in [0, 0.1) is 0 Å². The van der Waals surface area contributed by atoms with E-state index in [1.165, 1.54) is 36.6 Å². The molecular weight excluding hydrogens is 348 g/mol. The Kier molecular flexibility index (Phi) is 6.90. The van der Waals surface area contributed by atoms with Crippen LogP contribution < -0.4 is 4.74 Å². The molecule has 0 saturated carbocycles. The molecule has 0 saturated heterocycles. The average molecular weight is 374 g/mol. The molecule has 4 nitrogen and oxygen atoms in total. The van der Waals surface area contributed by atoms with Crippen molar-refractivity contribution in [3.05, 3.63) is 77.6 Å². The number of esters is 1. The second-order valence-electron chi connectivity index (χ2n) is 6.83. The Balaban J connectivity index is 1.60. The number of rotatable bonds is 8. The van der Waals surface area contributed by atoms with Crippen molar-refractivity contribution in [2.45, 2.75) is 46.0 Å². The zero-order valence-electron chi connectivity index (χ0n) is 16.5. The van der Waals surface area contributed by atoms with Crippen LogP contribution in [0.15, 0.2) is 60.9 Å². The molecule has 1 heterocycles. The van der Waals surface area contributed by atoms with Crippen molar-refractivity contribution in [3.8, 4) is 17.1 Å². The molecule has 28 heavy (non-hydrogen) atoms. The van der Waals surface area contributed by atoms with E-state index < -0.39 is 5.97 Å². The van der Waals surface area contributed by atoms with Gasteiger partial charge in [0.1, 0.15) is 0 Å². The molecule has 0 bridgehead atoms. The van der Waals surface area contributed by atoms with Gasteiger partial charge in [0.25, 0.3) is 0 Å². The molecule has 0 radical (unpaired) electrons. The number of carbonyl (C=O) groups is 1. The molecule has 4 heteroatoms. The summed E-state index contributed by atoms with van der Waals surface area (Å²) in [5.74, 6) is -0.222. The normalized spacial score (nSPS) is 10.6. The highest BCUT2D eigenvalue weighted by molar-refractivity contribution is 5.90. The minimum absolute atomic E-state index is 0.200. The second-order valence-corrected chi connectivity index (χ2v) is 6.83. The Morgan fingerprint density at radius 2 is 1.57 bits per heavy atom. The van der Waals surface area contributed by atoms with E-state index in [9.17, 15) is 4.79 Å². The Hall–Kier alpha value is -3.01. The van der Waals surface area contributed by atoms with Crippen molar-refractivity contribution in [3.63, 3.8) is 0 Å². The van der Waals surface area contributed by atoms with Gasteiger partial charge in [-0.2, -0.15) is 0 Å². The van der Waals surface area contributed by atoms with E-state index in [4.69, 9.17) is 4.74 Å². The zero-order chi connectivity index (χ0) is 19.8. The van der Waals surface area contributed by atoms with Gasteiger partial charge in [-0.1, -0.05) is 63.1 Å². The average Bonchev–Trinajstić information content (AvgIpc) is 2.75. The standard InChI is InChI=1S/C24H26N2O2/c1-3-5-6-7-19-10-14-21(15-11-19)24(27)28-23-17-25-22(16-26-23)20-12-8-18(4-2)9-13-20/h8-17H,3-7H2,1-2H3. The molecular formula is C24H26N2O2. The number of aromatic nitrogens is 2. The third kappa shape index (κ3) is 5.26. The topological polar surface area (TPSA) is 52.1 Å². The summed E-state index contributed by atoms with van der Waals surface area (Å²) in [6, 6.07) is 15.8. The maximum atomic E-state index is 12.3. The van der Waals surface area contributed by atoms with Crippen LogP contribution in [-0.2, 0) is 12.8 Å². The monoisotopic (exact) mass is 374 g/mol. The van der Waals surface area contributed by atoms with Gasteiger partial charge in [0, 0.05) is 5.56 Å². The van der Waals surface area contributed by atoms with Crippen LogP contribution in [0.5, 0.6) is 5.88 Å². The highest BCUT2D eigenvalue weighted by atomic mass is 16.5. The van der Waals surface area contributed by atoms with E-state index in [1.807, 2.05) is 24.3 Å². The first-order valence-electron chi connectivity index (χ1n) is 9.92. The molecule has 1 aromatic heterocycles. The van der Waals surface area contributed by atoms with Gasteiger partial charge in [0.15, 0.2) is 0 Å². The van der Waals surface area contributed by atoms with Crippen LogP contribution >= 0.6 is 0 Å². The first-order valence-corrected chi connectivity index (χ1v) is 9.92. The molecule has 0 aliphatic heterocycles. The fourth-order valence-corrected chi connectivity index (χ4v) is 2.97. The molecule has 3 rings (SSSR count). The van der Waals surface area contributed by atoms with Gasteiger partial charge >= 0.3 is 5.97 Å². The third-order valence-corrected chi connectivity index (χ3v) is 4.74. The summed E-state index contributed by atoms with van der Waals surface area (Å²) in [4.78, 5) is 20.9. The first kappa shape index (κ1) is 19.7. The maximum Gasteiger partial charge on any atom is 0.344 e. The van der Waals surface area contributed by atoms with Gasteiger partial charge in [-0.15, -0.1) is 0 Å². The van der Waals surface area contributed by atoms with Gasteiger partial charge in [-0.25, -0.2) is 14.8 Å². The number of hydrogen-bond acceptors (Lipinski definition) is 4. The number of ether oxygens (including phenoxy) is 1. The van der Waals surface area contributed by atoms with E-state index in [0.717, 1.165) is 24.1 Å². The minimum atomic E-state index is -0.422. The lowest BCUT2D eigenvalue weighted by Gasteiger charge is -2.06. The molecule has 144 valence electrons. The predicted octanol–water partition coefficient (Wildman–Crippen LogP) is 5.66. The predicted molar refractivity (Wildman–Crippen MR) is 111 cm³/mol. The molecule has 0 atom stereocenters. The van der Waals surface area contributed by atoms with Crippen LogP contribution in [0.25, 0.3) is 11.3 Å². The maximum absolute atomic E-state index is 12.3. The Morgan fingerprint density at radius 3 is 2.18 bits per heavy atom. The highest BCUT2D eigenvalue weighted by Crippen LogP contribution is 2.19. The van der Waals surface area contributed by atoms with Gasteiger partial charge in [-0.3, -0.25) is 0 Å². The van der Waals surface area contributed by atoms with Crippen molar-refractivity contribution in [1.82, 2.24) is 9.97 Å². The Morgan fingerprint density at radius 1 is 0.857 bits per heavy atom. The van der Waals surface area contributed by atoms with Gasteiger partial charge < -0.3 is 4.74 Å². The van der Waals surface area contributed by atoms with Crippen molar-refractivity contribution >= 4 is 5.97 Å². The number of nitrogens with zero attached hydrogens (tertiary/aromatic N) is 2. The molecule has 0 fully saturated rings. The number of benzene rings is 2. The summed E-state index contributed by atoms with van der Waals surface area (Å²) < 4.78 is 5.35. The van der Waals surface area contributed by atoms with Crippen molar-refractivity contribution in [1.29, 1.82) is 0 Å². The first-order chi connectivity index (χ1) is 13.7. The highest BCUT2D eigenvalue weighted by Gasteiger charge is 2.10. The quantitative estimate of drug-likeness (QED) is 0.377. The zero-order valence-corrected chi connectivity index (χ0v) is 16.5. The van der Waals surface area contributed by atoms with Gasteiger partial charge in [0.2, 0.25) is 5.88 Å². The van der Waals surface area contributed by atoms with Crippen molar-refractivity contribution < 1.29 is 9.53 Å². The Bertz CT molecular complexity index is 885. The van der Waals surface area contributed by atoms with E-state index in [0.29, 0.717) is 5.56 Å².